The first-order valence-corrected chi connectivity index (χ1v) is 13.5. The molecule has 10 heteroatoms. The quantitative estimate of drug-likeness (QED) is 0.400. The van der Waals surface area contributed by atoms with E-state index in [1.165, 1.54) is 16.7 Å². The number of benzene rings is 2. The Hall–Kier alpha value is -3.50. The topological polar surface area (TPSA) is 95.4 Å². The summed E-state index contributed by atoms with van der Waals surface area (Å²) in [5.41, 5.74) is 3.43. The van der Waals surface area contributed by atoms with E-state index in [0.717, 1.165) is 17.9 Å². The minimum Gasteiger partial charge on any atom is -0.396 e. The van der Waals surface area contributed by atoms with Gasteiger partial charge in [0.05, 0.1) is 17.5 Å². The summed E-state index contributed by atoms with van der Waals surface area (Å²) in [6.07, 6.45) is 5.38. The number of fused-ring (bicyclic) bond motifs is 2. The molecule has 2 aromatic carbocycles. The minimum absolute atomic E-state index is 0.0899. The van der Waals surface area contributed by atoms with Crippen molar-refractivity contribution in [3.8, 4) is 11.1 Å². The summed E-state index contributed by atoms with van der Waals surface area (Å²) in [6.45, 7) is -0.0899. The van der Waals surface area contributed by atoms with E-state index in [1.807, 2.05) is 0 Å². The van der Waals surface area contributed by atoms with Crippen LogP contribution in [0.25, 0.3) is 22.0 Å². The number of nitrogens with zero attached hydrogens (tertiary/aromatic N) is 2. The molecule has 1 unspecified atom stereocenters. The smallest absolute Gasteiger partial charge is 0.274 e. The zero-order valence-corrected chi connectivity index (χ0v) is 20.6. The Morgan fingerprint density at radius 2 is 1.83 bits per heavy atom. The number of anilines is 2. The van der Waals surface area contributed by atoms with Gasteiger partial charge in [-0.2, -0.15) is 0 Å². The molecule has 1 aliphatic rings. The third-order valence-corrected chi connectivity index (χ3v) is 7.41. The maximum absolute atomic E-state index is 15.3. The Kier molecular flexibility index (Phi) is 5.96. The number of aliphatic hydroxyl groups excluding tert-OH is 1. The van der Waals surface area contributed by atoms with Crippen LogP contribution in [0.2, 0.25) is 0 Å². The van der Waals surface area contributed by atoms with Crippen LogP contribution in [0.3, 0.4) is 0 Å². The van der Waals surface area contributed by atoms with Gasteiger partial charge in [0.2, 0.25) is 0 Å². The molecule has 36 heavy (non-hydrogen) atoms. The Morgan fingerprint density at radius 3 is 2.53 bits per heavy atom. The van der Waals surface area contributed by atoms with Crippen molar-refractivity contribution in [3.63, 3.8) is 0 Å². The molecule has 2 N–H and O–H groups in total. The highest BCUT2D eigenvalue weighted by molar-refractivity contribution is 7.89. The van der Waals surface area contributed by atoms with Gasteiger partial charge in [0.15, 0.2) is 9.84 Å². The first-order valence-electron chi connectivity index (χ1n) is 11.5. The molecule has 1 atom stereocenters. The highest BCUT2D eigenvalue weighted by Crippen LogP contribution is 2.50. The van der Waals surface area contributed by atoms with Crippen LogP contribution in [0.5, 0.6) is 0 Å². The highest BCUT2D eigenvalue weighted by Gasteiger charge is 2.34. The summed E-state index contributed by atoms with van der Waals surface area (Å²) in [4.78, 5) is 17.8. The summed E-state index contributed by atoms with van der Waals surface area (Å²) in [7, 11) is -1.70. The van der Waals surface area contributed by atoms with E-state index in [0.29, 0.717) is 46.1 Å². The fourth-order valence-electron chi connectivity index (χ4n) is 5.11. The van der Waals surface area contributed by atoms with Crippen molar-refractivity contribution >= 4 is 32.1 Å². The zero-order chi connectivity index (χ0) is 25.8. The van der Waals surface area contributed by atoms with E-state index >= 15 is 4.39 Å². The number of nitrogens with one attached hydrogen (secondary N) is 1. The Balaban J connectivity index is 1.89. The van der Waals surface area contributed by atoms with Gasteiger partial charge < -0.3 is 19.6 Å². The molecule has 0 saturated heterocycles. The normalized spacial score (nSPS) is 15.2. The van der Waals surface area contributed by atoms with Crippen LogP contribution in [0.15, 0.2) is 53.6 Å². The van der Waals surface area contributed by atoms with Gasteiger partial charge in [-0.25, -0.2) is 17.2 Å². The van der Waals surface area contributed by atoms with Crippen molar-refractivity contribution in [1.29, 1.82) is 0 Å². The van der Waals surface area contributed by atoms with Crippen LogP contribution in [-0.4, -0.2) is 35.9 Å². The molecule has 7 nitrogen and oxygen atoms in total. The summed E-state index contributed by atoms with van der Waals surface area (Å²) < 4.78 is 54.6. The number of hydrogen-bond acceptors (Lipinski definition) is 5. The minimum atomic E-state index is -3.33. The lowest BCUT2D eigenvalue weighted by molar-refractivity contribution is 0.280. The van der Waals surface area contributed by atoms with Crippen molar-refractivity contribution in [2.75, 3.05) is 17.8 Å². The Bertz CT molecular complexity index is 1660. The zero-order valence-electron chi connectivity index (χ0n) is 19.8. The second-order valence-corrected chi connectivity index (χ2v) is 11.4. The van der Waals surface area contributed by atoms with Gasteiger partial charge in [-0.15, -0.1) is 0 Å². The molecule has 4 aromatic rings. The van der Waals surface area contributed by atoms with Gasteiger partial charge in [-0.05, 0) is 42.7 Å². The SMILES string of the molecule is Cn1cc2c3c(c[nH]c3c1=O)C(CCCO)N(c1ccc(F)cc1F)c1ccc(CS(C)(=O)=O)cc1-2. The van der Waals surface area contributed by atoms with Crippen LogP contribution >= 0.6 is 0 Å². The van der Waals surface area contributed by atoms with Crippen molar-refractivity contribution in [2.45, 2.75) is 24.6 Å². The van der Waals surface area contributed by atoms with Crippen LogP contribution < -0.4 is 10.5 Å². The van der Waals surface area contributed by atoms with Gasteiger partial charge in [0, 0.05) is 66.1 Å². The van der Waals surface area contributed by atoms with E-state index in [4.69, 9.17) is 0 Å². The van der Waals surface area contributed by atoms with E-state index in [2.05, 4.69) is 4.98 Å². The van der Waals surface area contributed by atoms with E-state index in [1.54, 1.807) is 42.5 Å². The maximum atomic E-state index is 15.3. The molecule has 0 aliphatic carbocycles. The maximum Gasteiger partial charge on any atom is 0.274 e. The highest BCUT2D eigenvalue weighted by atomic mass is 32.2. The van der Waals surface area contributed by atoms with Gasteiger partial charge in [0.1, 0.15) is 17.2 Å². The number of aromatic nitrogens is 2. The molecule has 0 saturated carbocycles. The summed E-state index contributed by atoms with van der Waals surface area (Å²) in [5.74, 6) is -1.66. The number of pyridine rings is 1. The molecule has 0 spiro atoms. The average molecular weight is 514 g/mol. The number of hydrogen-bond donors (Lipinski definition) is 2. The van der Waals surface area contributed by atoms with E-state index in [-0.39, 0.29) is 23.6 Å². The second-order valence-electron chi connectivity index (χ2n) is 9.22. The number of rotatable bonds is 6. The average Bonchev–Trinajstić information content (AvgIpc) is 3.20. The second kappa shape index (κ2) is 8.86. The Morgan fingerprint density at radius 1 is 1.08 bits per heavy atom. The van der Waals surface area contributed by atoms with Crippen molar-refractivity contribution in [2.24, 2.45) is 7.05 Å². The fourth-order valence-corrected chi connectivity index (χ4v) is 5.89. The molecule has 2 aromatic heterocycles. The van der Waals surface area contributed by atoms with Crippen LogP contribution in [-0.2, 0) is 22.6 Å². The standard InChI is InChI=1S/C26H25F2N3O4S/c1-30-13-19-17-10-15(14-36(2,34)35)5-7-22(17)31(23-8-6-16(27)11-20(23)28)21(4-3-9-32)18-12-29-25(24(18)19)26(30)33/h5-8,10-13,21,29,32H,3-4,9,14H2,1-2H3. The van der Waals surface area contributed by atoms with Crippen molar-refractivity contribution in [3.05, 3.63) is 81.9 Å². The monoisotopic (exact) mass is 513 g/mol. The van der Waals surface area contributed by atoms with Gasteiger partial charge in [0.25, 0.3) is 5.56 Å². The van der Waals surface area contributed by atoms with Crippen molar-refractivity contribution in [1.82, 2.24) is 9.55 Å². The van der Waals surface area contributed by atoms with Crippen molar-refractivity contribution < 1.29 is 22.3 Å². The summed E-state index contributed by atoms with van der Waals surface area (Å²) in [5, 5.41) is 10.3. The summed E-state index contributed by atoms with van der Waals surface area (Å²) in [6, 6.07) is 8.02. The van der Waals surface area contributed by atoms with E-state index in [9.17, 15) is 22.7 Å². The predicted molar refractivity (Wildman–Crippen MR) is 135 cm³/mol. The lowest BCUT2D eigenvalue weighted by Gasteiger charge is -2.34. The molecule has 0 bridgehead atoms. The lowest BCUT2D eigenvalue weighted by Crippen LogP contribution is -2.25. The number of sulfone groups is 1. The first-order chi connectivity index (χ1) is 17.1. The van der Waals surface area contributed by atoms with Crippen LogP contribution in [0.4, 0.5) is 20.2 Å². The third kappa shape index (κ3) is 4.10. The molecular weight excluding hydrogens is 488 g/mol. The largest absolute Gasteiger partial charge is 0.396 e. The molecule has 5 rings (SSSR count). The van der Waals surface area contributed by atoms with E-state index < -0.39 is 27.5 Å². The van der Waals surface area contributed by atoms with Gasteiger partial charge in [-0.1, -0.05) is 6.07 Å². The number of aryl methyl sites for hydroxylation is 1. The molecule has 0 radical (unpaired) electrons. The van der Waals surface area contributed by atoms with Crippen LogP contribution in [0.1, 0.15) is 30.0 Å². The number of halogens is 2. The predicted octanol–water partition coefficient (Wildman–Crippen LogP) is 4.32. The first kappa shape index (κ1) is 24.2. The third-order valence-electron chi connectivity index (χ3n) is 6.55. The number of aliphatic hydroxyl groups is 1. The number of H-pyrrole nitrogens is 1. The number of aromatic amines is 1. The van der Waals surface area contributed by atoms with Crippen LogP contribution in [0, 0.1) is 11.6 Å². The Labute approximate surface area is 206 Å². The molecule has 0 amide bonds. The van der Waals surface area contributed by atoms with Gasteiger partial charge in [-0.3, -0.25) is 4.79 Å². The molecule has 3 heterocycles. The molecule has 0 fully saturated rings. The lowest BCUT2D eigenvalue weighted by atomic mass is 9.97. The molecule has 188 valence electrons. The fraction of sp³-hybridized carbons (Fsp3) is 0.269. The molecule has 1 aliphatic heterocycles. The summed E-state index contributed by atoms with van der Waals surface area (Å²) >= 11 is 0. The molecular formula is C26H25F2N3O4S. The van der Waals surface area contributed by atoms with Gasteiger partial charge >= 0.3 is 0 Å².